The molecule has 0 saturated heterocycles. The fourth-order valence-corrected chi connectivity index (χ4v) is 4.93. The molecule has 0 spiro atoms. The van der Waals surface area contributed by atoms with Crippen LogP contribution in [0, 0.1) is 11.8 Å². The SMILES string of the molecule is C1CCC(C(NCc2nnc3n2CCOCC3)C2CCCC2)C1. The van der Waals surface area contributed by atoms with Gasteiger partial charge in [0.05, 0.1) is 19.8 Å². The van der Waals surface area contributed by atoms with Gasteiger partial charge < -0.3 is 14.6 Å². The van der Waals surface area contributed by atoms with Crippen molar-refractivity contribution in [1.82, 2.24) is 20.1 Å². The molecule has 128 valence electrons. The molecular weight excluding hydrogens is 288 g/mol. The molecule has 1 aromatic heterocycles. The fourth-order valence-electron chi connectivity index (χ4n) is 4.93. The summed E-state index contributed by atoms with van der Waals surface area (Å²) in [5.74, 6) is 3.96. The monoisotopic (exact) mass is 318 g/mol. The molecule has 0 radical (unpaired) electrons. The molecule has 2 fully saturated rings. The van der Waals surface area contributed by atoms with E-state index in [1.807, 2.05) is 0 Å². The minimum Gasteiger partial charge on any atom is -0.379 e. The van der Waals surface area contributed by atoms with E-state index in [9.17, 15) is 0 Å². The Kier molecular flexibility index (Phi) is 4.95. The van der Waals surface area contributed by atoms with Gasteiger partial charge >= 0.3 is 0 Å². The highest BCUT2D eigenvalue weighted by Crippen LogP contribution is 2.37. The third-order valence-corrected chi connectivity index (χ3v) is 6.14. The molecule has 1 aromatic rings. The summed E-state index contributed by atoms with van der Waals surface area (Å²) in [6.45, 7) is 3.33. The van der Waals surface area contributed by atoms with Crippen LogP contribution in [0.4, 0.5) is 0 Å². The molecule has 3 aliphatic rings. The third kappa shape index (κ3) is 3.45. The lowest BCUT2D eigenvalue weighted by Crippen LogP contribution is -2.40. The average molecular weight is 318 g/mol. The zero-order valence-electron chi connectivity index (χ0n) is 14.2. The third-order valence-electron chi connectivity index (χ3n) is 6.14. The van der Waals surface area contributed by atoms with Crippen molar-refractivity contribution in [3.05, 3.63) is 11.6 Å². The Morgan fingerprint density at radius 3 is 2.39 bits per heavy atom. The van der Waals surface area contributed by atoms with Crippen LogP contribution in [0.2, 0.25) is 0 Å². The topological polar surface area (TPSA) is 52.0 Å². The van der Waals surface area contributed by atoms with Crippen LogP contribution in [0.3, 0.4) is 0 Å². The second kappa shape index (κ2) is 7.31. The van der Waals surface area contributed by atoms with Gasteiger partial charge in [-0.2, -0.15) is 0 Å². The number of rotatable bonds is 5. The highest BCUT2D eigenvalue weighted by atomic mass is 16.5. The Labute approximate surface area is 139 Å². The van der Waals surface area contributed by atoms with Crippen molar-refractivity contribution in [1.29, 1.82) is 0 Å². The number of fused-ring (bicyclic) bond motifs is 1. The second-order valence-corrected chi connectivity index (χ2v) is 7.54. The van der Waals surface area contributed by atoms with Crippen molar-refractivity contribution in [2.75, 3.05) is 13.2 Å². The highest BCUT2D eigenvalue weighted by molar-refractivity contribution is 4.99. The molecule has 4 rings (SSSR count). The molecule has 0 amide bonds. The number of nitrogens with zero attached hydrogens (tertiary/aromatic N) is 3. The molecule has 0 bridgehead atoms. The molecule has 5 nitrogen and oxygen atoms in total. The quantitative estimate of drug-likeness (QED) is 0.907. The Morgan fingerprint density at radius 1 is 1.00 bits per heavy atom. The fraction of sp³-hybridized carbons (Fsp3) is 0.889. The van der Waals surface area contributed by atoms with E-state index in [2.05, 4.69) is 20.1 Å². The molecular formula is C18H30N4O. The largest absolute Gasteiger partial charge is 0.379 e. The summed E-state index contributed by atoms with van der Waals surface area (Å²) in [7, 11) is 0. The van der Waals surface area contributed by atoms with Crippen molar-refractivity contribution in [3.63, 3.8) is 0 Å². The van der Waals surface area contributed by atoms with Crippen molar-refractivity contribution in [3.8, 4) is 0 Å². The van der Waals surface area contributed by atoms with Crippen LogP contribution in [0.25, 0.3) is 0 Å². The maximum atomic E-state index is 5.57. The molecule has 0 atom stereocenters. The molecule has 1 aliphatic heterocycles. The van der Waals surface area contributed by atoms with Gasteiger partial charge in [-0.3, -0.25) is 0 Å². The first-order valence-corrected chi connectivity index (χ1v) is 9.64. The van der Waals surface area contributed by atoms with Crippen LogP contribution >= 0.6 is 0 Å². The summed E-state index contributed by atoms with van der Waals surface area (Å²) in [5.41, 5.74) is 0. The van der Waals surface area contributed by atoms with Gasteiger partial charge in [-0.1, -0.05) is 25.7 Å². The molecule has 2 aliphatic carbocycles. The smallest absolute Gasteiger partial charge is 0.147 e. The Bertz CT molecular complexity index is 487. The summed E-state index contributed by atoms with van der Waals surface area (Å²) in [5, 5.41) is 12.8. The summed E-state index contributed by atoms with van der Waals surface area (Å²) >= 11 is 0. The lowest BCUT2D eigenvalue weighted by molar-refractivity contribution is 0.139. The maximum absolute atomic E-state index is 5.57. The highest BCUT2D eigenvalue weighted by Gasteiger charge is 2.33. The standard InChI is InChI=1S/C18H30N4O/c1-2-6-14(5-1)18(15-7-3-4-8-15)19-13-17-21-20-16-9-11-23-12-10-22(16)17/h14-15,18-19H,1-13H2. The van der Waals surface area contributed by atoms with Gasteiger partial charge in [0.2, 0.25) is 0 Å². The summed E-state index contributed by atoms with van der Waals surface area (Å²) < 4.78 is 7.85. The first-order valence-electron chi connectivity index (χ1n) is 9.64. The second-order valence-electron chi connectivity index (χ2n) is 7.54. The van der Waals surface area contributed by atoms with Crippen molar-refractivity contribution in [2.45, 2.75) is 76.9 Å². The molecule has 1 N–H and O–H groups in total. The van der Waals surface area contributed by atoms with Crippen LogP contribution in [-0.4, -0.2) is 34.0 Å². The normalized spacial score (nSPS) is 23.5. The lowest BCUT2D eigenvalue weighted by atomic mass is 9.86. The minimum atomic E-state index is 0.690. The van der Waals surface area contributed by atoms with Crippen LogP contribution < -0.4 is 5.32 Å². The van der Waals surface area contributed by atoms with E-state index in [1.165, 1.54) is 51.4 Å². The van der Waals surface area contributed by atoms with Crippen LogP contribution in [0.5, 0.6) is 0 Å². The maximum Gasteiger partial charge on any atom is 0.147 e. The van der Waals surface area contributed by atoms with E-state index in [4.69, 9.17) is 4.74 Å². The summed E-state index contributed by atoms with van der Waals surface area (Å²) in [4.78, 5) is 0. The average Bonchev–Trinajstić information content (AvgIpc) is 3.30. The number of nitrogens with one attached hydrogen (secondary N) is 1. The van der Waals surface area contributed by atoms with Gasteiger partial charge in [0.15, 0.2) is 0 Å². The molecule has 0 aromatic carbocycles. The predicted octanol–water partition coefficient (Wildman–Crippen LogP) is 2.69. The van der Waals surface area contributed by atoms with E-state index in [0.717, 1.165) is 56.2 Å². The number of hydrogen-bond donors (Lipinski definition) is 1. The van der Waals surface area contributed by atoms with Gasteiger partial charge in [-0.25, -0.2) is 0 Å². The van der Waals surface area contributed by atoms with Crippen molar-refractivity contribution in [2.24, 2.45) is 11.8 Å². The molecule has 0 unspecified atom stereocenters. The van der Waals surface area contributed by atoms with Crippen LogP contribution in [0.1, 0.15) is 63.0 Å². The number of hydrogen-bond acceptors (Lipinski definition) is 4. The van der Waals surface area contributed by atoms with E-state index in [0.29, 0.717) is 6.04 Å². The number of ether oxygens (including phenoxy) is 1. The van der Waals surface area contributed by atoms with Crippen molar-refractivity contribution < 1.29 is 4.74 Å². The zero-order chi connectivity index (χ0) is 15.5. The van der Waals surface area contributed by atoms with Crippen LogP contribution in [-0.2, 0) is 24.2 Å². The molecule has 2 heterocycles. The van der Waals surface area contributed by atoms with Gasteiger partial charge in [-0.15, -0.1) is 10.2 Å². The first-order chi connectivity index (χ1) is 11.4. The van der Waals surface area contributed by atoms with Gasteiger partial charge in [-0.05, 0) is 37.5 Å². The minimum absolute atomic E-state index is 0.690. The van der Waals surface area contributed by atoms with Crippen molar-refractivity contribution >= 4 is 0 Å². The summed E-state index contributed by atoms with van der Waals surface area (Å²) in [6, 6.07) is 0.690. The lowest BCUT2D eigenvalue weighted by Gasteiger charge is -2.30. The van der Waals surface area contributed by atoms with E-state index < -0.39 is 0 Å². The number of aromatic nitrogens is 3. The van der Waals surface area contributed by atoms with E-state index in [-0.39, 0.29) is 0 Å². The molecule has 23 heavy (non-hydrogen) atoms. The zero-order valence-corrected chi connectivity index (χ0v) is 14.2. The Morgan fingerprint density at radius 2 is 1.70 bits per heavy atom. The Balaban J connectivity index is 1.44. The van der Waals surface area contributed by atoms with Crippen LogP contribution in [0.15, 0.2) is 0 Å². The van der Waals surface area contributed by atoms with Gasteiger partial charge in [0, 0.05) is 19.0 Å². The first kappa shape index (κ1) is 15.6. The van der Waals surface area contributed by atoms with Gasteiger partial charge in [0.25, 0.3) is 0 Å². The van der Waals surface area contributed by atoms with E-state index in [1.54, 1.807) is 0 Å². The Hall–Kier alpha value is -0.940. The molecule has 2 saturated carbocycles. The molecule has 5 heteroatoms. The summed E-state index contributed by atoms with van der Waals surface area (Å²) in [6.07, 6.45) is 12.3. The predicted molar refractivity (Wildman–Crippen MR) is 89.1 cm³/mol. The van der Waals surface area contributed by atoms with Gasteiger partial charge in [0.1, 0.15) is 11.6 Å². The van der Waals surface area contributed by atoms with E-state index >= 15 is 0 Å².